The van der Waals surface area contributed by atoms with Gasteiger partial charge in [-0.3, -0.25) is 13.9 Å². The van der Waals surface area contributed by atoms with E-state index < -0.39 is 16.1 Å². The van der Waals surface area contributed by atoms with Crippen molar-refractivity contribution in [1.82, 2.24) is 10.2 Å². The van der Waals surface area contributed by atoms with Gasteiger partial charge in [0, 0.05) is 41.7 Å². The maximum atomic E-state index is 13.4. The predicted molar refractivity (Wildman–Crippen MR) is 152 cm³/mol. The molecule has 1 unspecified atom stereocenters. The summed E-state index contributed by atoms with van der Waals surface area (Å²) in [5.74, 6) is -0.316. The zero-order valence-electron chi connectivity index (χ0n) is 22.1. The van der Waals surface area contributed by atoms with Gasteiger partial charge >= 0.3 is 0 Å². The summed E-state index contributed by atoms with van der Waals surface area (Å²) in [4.78, 5) is 27.7. The van der Waals surface area contributed by atoms with Crippen molar-refractivity contribution in [3.05, 3.63) is 63.6 Å². The number of nitrogens with zero attached hydrogens (tertiary/aromatic N) is 2. The zero-order chi connectivity index (χ0) is 27.8. The summed E-state index contributed by atoms with van der Waals surface area (Å²) >= 11 is 12.7. The molecule has 204 valence electrons. The topological polar surface area (TPSA) is 86.8 Å². The highest BCUT2D eigenvalue weighted by Crippen LogP contribution is 2.27. The molecule has 0 aliphatic heterocycles. The Labute approximate surface area is 231 Å². The van der Waals surface area contributed by atoms with Crippen molar-refractivity contribution in [2.45, 2.75) is 59.5 Å². The molecule has 0 bridgehead atoms. The van der Waals surface area contributed by atoms with Crippen LogP contribution in [0.1, 0.15) is 51.7 Å². The summed E-state index contributed by atoms with van der Waals surface area (Å²) in [6.07, 6.45) is 2.31. The van der Waals surface area contributed by atoms with E-state index in [1.54, 1.807) is 37.3 Å². The van der Waals surface area contributed by atoms with Crippen LogP contribution in [0.2, 0.25) is 10.0 Å². The summed E-state index contributed by atoms with van der Waals surface area (Å²) < 4.78 is 26.3. The van der Waals surface area contributed by atoms with Gasteiger partial charge in [-0.25, -0.2) is 8.42 Å². The lowest BCUT2D eigenvalue weighted by Gasteiger charge is -2.30. The molecule has 0 aliphatic rings. The SMILES string of the molecule is CCc1ccc(N(CCCC(=O)N(Cc2c(Cl)cccc2Cl)C(C)C(=O)NCC(C)C)S(C)(=O)=O)cc1. The number of carbonyl (C=O) groups is 2. The number of anilines is 1. The Kier molecular flexibility index (Phi) is 11.7. The zero-order valence-corrected chi connectivity index (χ0v) is 24.5. The summed E-state index contributed by atoms with van der Waals surface area (Å²) in [5.41, 5.74) is 2.20. The van der Waals surface area contributed by atoms with Crippen LogP contribution in [0.25, 0.3) is 0 Å². The van der Waals surface area contributed by atoms with Crippen molar-refractivity contribution in [2.75, 3.05) is 23.7 Å². The van der Waals surface area contributed by atoms with Crippen molar-refractivity contribution < 1.29 is 18.0 Å². The molecular formula is C27H37Cl2N3O4S. The third-order valence-corrected chi connectivity index (χ3v) is 7.93. The van der Waals surface area contributed by atoms with Crippen LogP contribution in [0, 0.1) is 5.92 Å². The van der Waals surface area contributed by atoms with Crippen LogP contribution in [-0.4, -0.2) is 50.5 Å². The number of sulfonamides is 1. The molecule has 2 aromatic rings. The monoisotopic (exact) mass is 569 g/mol. The van der Waals surface area contributed by atoms with Gasteiger partial charge in [-0.2, -0.15) is 0 Å². The lowest BCUT2D eigenvalue weighted by Crippen LogP contribution is -2.48. The molecule has 1 atom stereocenters. The van der Waals surface area contributed by atoms with Crippen molar-refractivity contribution in [3.63, 3.8) is 0 Å². The van der Waals surface area contributed by atoms with Gasteiger partial charge in [0.1, 0.15) is 6.04 Å². The average Bonchev–Trinajstić information content (AvgIpc) is 2.83. The lowest BCUT2D eigenvalue weighted by molar-refractivity contribution is -0.140. The molecule has 0 heterocycles. The minimum Gasteiger partial charge on any atom is -0.354 e. The normalized spacial score (nSPS) is 12.3. The smallest absolute Gasteiger partial charge is 0.242 e. The van der Waals surface area contributed by atoms with E-state index in [9.17, 15) is 18.0 Å². The first kappa shape index (κ1) is 30.9. The second-order valence-electron chi connectivity index (χ2n) is 9.50. The van der Waals surface area contributed by atoms with Crippen LogP contribution in [0.3, 0.4) is 0 Å². The molecule has 0 saturated carbocycles. The van der Waals surface area contributed by atoms with Crippen LogP contribution < -0.4 is 9.62 Å². The van der Waals surface area contributed by atoms with Gasteiger partial charge in [0.2, 0.25) is 21.8 Å². The maximum absolute atomic E-state index is 13.4. The van der Waals surface area contributed by atoms with Gasteiger partial charge in [-0.1, -0.05) is 62.2 Å². The van der Waals surface area contributed by atoms with E-state index >= 15 is 0 Å². The molecule has 1 N–H and O–H groups in total. The van der Waals surface area contributed by atoms with Crippen LogP contribution >= 0.6 is 23.2 Å². The largest absolute Gasteiger partial charge is 0.354 e. The number of benzene rings is 2. The van der Waals surface area contributed by atoms with E-state index in [2.05, 4.69) is 5.32 Å². The fraction of sp³-hybridized carbons (Fsp3) is 0.481. The van der Waals surface area contributed by atoms with Gasteiger partial charge in [-0.05, 0) is 55.5 Å². The number of nitrogens with one attached hydrogen (secondary N) is 1. The molecule has 0 aromatic heterocycles. The third kappa shape index (κ3) is 9.20. The molecule has 10 heteroatoms. The molecule has 0 saturated heterocycles. The molecular weight excluding hydrogens is 533 g/mol. The molecule has 7 nitrogen and oxygen atoms in total. The van der Waals surface area contributed by atoms with Crippen LogP contribution in [0.5, 0.6) is 0 Å². The fourth-order valence-corrected chi connectivity index (χ4v) is 5.27. The first-order valence-electron chi connectivity index (χ1n) is 12.4. The third-order valence-electron chi connectivity index (χ3n) is 6.03. The molecule has 0 spiro atoms. The number of aryl methyl sites for hydroxylation is 1. The summed E-state index contributed by atoms with van der Waals surface area (Å²) in [7, 11) is -3.55. The Morgan fingerprint density at radius 1 is 1.00 bits per heavy atom. The van der Waals surface area contributed by atoms with Gasteiger partial charge in [0.05, 0.1) is 11.9 Å². The molecule has 2 rings (SSSR count). The second kappa shape index (κ2) is 14.0. The highest BCUT2D eigenvalue weighted by molar-refractivity contribution is 7.92. The minimum absolute atomic E-state index is 0.0446. The molecule has 2 amide bonds. The van der Waals surface area contributed by atoms with Crippen molar-refractivity contribution >= 4 is 50.7 Å². The van der Waals surface area contributed by atoms with E-state index in [0.717, 1.165) is 18.2 Å². The molecule has 0 fully saturated rings. The van der Waals surface area contributed by atoms with Gasteiger partial charge in [-0.15, -0.1) is 0 Å². The maximum Gasteiger partial charge on any atom is 0.242 e. The Morgan fingerprint density at radius 3 is 2.11 bits per heavy atom. The summed E-state index contributed by atoms with van der Waals surface area (Å²) in [6, 6.07) is 11.6. The average molecular weight is 571 g/mol. The van der Waals surface area contributed by atoms with E-state index in [1.807, 2.05) is 32.9 Å². The summed E-state index contributed by atoms with van der Waals surface area (Å²) in [6.45, 7) is 8.34. The fourth-order valence-electron chi connectivity index (χ4n) is 3.79. The second-order valence-corrected chi connectivity index (χ2v) is 12.2. The first-order chi connectivity index (χ1) is 17.3. The Morgan fingerprint density at radius 2 is 1.59 bits per heavy atom. The van der Waals surface area contributed by atoms with Crippen LogP contribution in [-0.2, 0) is 32.6 Å². The van der Waals surface area contributed by atoms with Gasteiger partial charge < -0.3 is 10.2 Å². The van der Waals surface area contributed by atoms with Crippen LogP contribution in [0.4, 0.5) is 5.69 Å². The quantitative estimate of drug-likeness (QED) is 0.355. The molecule has 0 radical (unpaired) electrons. The van der Waals surface area contributed by atoms with Gasteiger partial charge in [0.15, 0.2) is 0 Å². The number of amides is 2. The summed E-state index contributed by atoms with van der Waals surface area (Å²) in [5, 5.41) is 3.67. The Bertz CT molecular complexity index is 1150. The standard InChI is InChI=1S/C27H37Cl2N3O4S/c1-6-21-12-14-22(15-13-21)32(37(5,35)36)16-8-11-26(33)31(20(4)27(34)30-17-19(2)3)18-23-24(28)9-7-10-25(23)29/h7,9-10,12-15,19-20H,6,8,11,16-18H2,1-5H3,(H,30,34). The number of hydrogen-bond acceptors (Lipinski definition) is 4. The highest BCUT2D eigenvalue weighted by Gasteiger charge is 2.28. The Balaban J connectivity index is 2.21. The number of rotatable bonds is 13. The number of carbonyl (C=O) groups excluding carboxylic acids is 2. The minimum atomic E-state index is -3.55. The van der Waals surface area contributed by atoms with Gasteiger partial charge in [0.25, 0.3) is 0 Å². The van der Waals surface area contributed by atoms with Crippen molar-refractivity contribution in [3.8, 4) is 0 Å². The highest BCUT2D eigenvalue weighted by atomic mass is 35.5. The number of halogens is 2. The van der Waals surface area contributed by atoms with E-state index in [4.69, 9.17) is 23.2 Å². The molecule has 37 heavy (non-hydrogen) atoms. The lowest BCUT2D eigenvalue weighted by atomic mass is 10.1. The number of hydrogen-bond donors (Lipinski definition) is 1. The molecule has 2 aromatic carbocycles. The van der Waals surface area contributed by atoms with Crippen molar-refractivity contribution in [2.24, 2.45) is 5.92 Å². The van der Waals surface area contributed by atoms with E-state index in [0.29, 0.717) is 27.8 Å². The molecule has 0 aliphatic carbocycles. The Hall–Kier alpha value is -2.29. The first-order valence-corrected chi connectivity index (χ1v) is 15.0. The predicted octanol–water partition coefficient (Wildman–Crippen LogP) is 5.29. The van der Waals surface area contributed by atoms with E-state index in [1.165, 1.54) is 9.21 Å². The van der Waals surface area contributed by atoms with Crippen molar-refractivity contribution in [1.29, 1.82) is 0 Å². The van der Waals surface area contributed by atoms with Crippen LogP contribution in [0.15, 0.2) is 42.5 Å². The van der Waals surface area contributed by atoms with E-state index in [-0.39, 0.29) is 43.7 Å².